The third kappa shape index (κ3) is 3.35. The first-order valence-electron chi connectivity index (χ1n) is 9.77. The second-order valence-corrected chi connectivity index (χ2v) is 7.20. The van der Waals surface area contributed by atoms with Crippen LogP contribution < -0.4 is 14.7 Å². The number of piperazine rings is 1. The summed E-state index contributed by atoms with van der Waals surface area (Å²) in [6, 6.07) is 12.7. The number of aromatic nitrogens is 4. The average Bonchev–Trinajstić information content (AvgIpc) is 2.79. The molecule has 0 spiro atoms. The minimum absolute atomic E-state index is 0.803. The van der Waals surface area contributed by atoms with Gasteiger partial charge in [0.2, 0.25) is 5.95 Å². The Hall–Kier alpha value is -3.22. The molecule has 1 saturated heterocycles. The molecule has 2 aromatic heterocycles. The summed E-state index contributed by atoms with van der Waals surface area (Å²) in [4.78, 5) is 24.7. The summed E-state index contributed by atoms with van der Waals surface area (Å²) in [5.41, 5.74) is 2.85. The number of hydrogen-bond acceptors (Lipinski definition) is 7. The quantitative estimate of drug-likeness (QED) is 0.697. The normalized spacial score (nSPS) is 16.8. The van der Waals surface area contributed by atoms with Gasteiger partial charge in [0.15, 0.2) is 0 Å². The molecule has 0 bridgehead atoms. The second kappa shape index (κ2) is 7.42. The van der Waals surface area contributed by atoms with Crippen LogP contribution in [0.4, 0.5) is 17.6 Å². The van der Waals surface area contributed by atoms with Crippen molar-refractivity contribution in [3.05, 3.63) is 66.2 Å². The van der Waals surface area contributed by atoms with Crippen LogP contribution in [-0.2, 0) is 13.0 Å². The molecular formula is C21H23N7. The summed E-state index contributed by atoms with van der Waals surface area (Å²) in [7, 11) is 0. The van der Waals surface area contributed by atoms with Crippen LogP contribution in [0.3, 0.4) is 0 Å². The molecule has 7 heteroatoms. The predicted molar refractivity (Wildman–Crippen MR) is 110 cm³/mol. The van der Waals surface area contributed by atoms with Crippen LogP contribution in [-0.4, -0.2) is 52.7 Å². The van der Waals surface area contributed by atoms with E-state index in [9.17, 15) is 0 Å². The molecule has 0 aliphatic carbocycles. The Morgan fingerprint density at radius 1 is 0.643 bits per heavy atom. The van der Waals surface area contributed by atoms with Gasteiger partial charge in [-0.05, 0) is 23.6 Å². The lowest BCUT2D eigenvalue weighted by molar-refractivity contribution is 0.633. The van der Waals surface area contributed by atoms with Gasteiger partial charge in [0.25, 0.3) is 0 Å². The van der Waals surface area contributed by atoms with Crippen LogP contribution in [0.5, 0.6) is 0 Å². The van der Waals surface area contributed by atoms with Crippen molar-refractivity contribution >= 4 is 17.6 Å². The second-order valence-electron chi connectivity index (χ2n) is 7.20. The zero-order chi connectivity index (χ0) is 18.8. The maximum absolute atomic E-state index is 4.55. The molecule has 0 unspecified atom stereocenters. The number of nitrogens with zero attached hydrogens (tertiary/aromatic N) is 7. The van der Waals surface area contributed by atoms with E-state index in [1.165, 1.54) is 11.1 Å². The zero-order valence-corrected chi connectivity index (χ0v) is 15.8. The Balaban J connectivity index is 1.28. The molecule has 0 amide bonds. The molecule has 4 heterocycles. The van der Waals surface area contributed by atoms with Crippen LogP contribution in [0.1, 0.15) is 11.1 Å². The van der Waals surface area contributed by atoms with Crippen LogP contribution in [0.25, 0.3) is 0 Å². The molecule has 28 heavy (non-hydrogen) atoms. The van der Waals surface area contributed by atoms with Crippen molar-refractivity contribution in [1.82, 2.24) is 19.9 Å². The van der Waals surface area contributed by atoms with Crippen molar-refractivity contribution in [2.45, 2.75) is 13.0 Å². The Kier molecular flexibility index (Phi) is 4.48. The summed E-state index contributed by atoms with van der Waals surface area (Å²) in [5, 5.41) is 0. The van der Waals surface area contributed by atoms with Crippen LogP contribution in [0.15, 0.2) is 55.1 Å². The highest BCUT2D eigenvalue weighted by Gasteiger charge is 2.22. The van der Waals surface area contributed by atoms with E-state index >= 15 is 0 Å². The highest BCUT2D eigenvalue weighted by Crippen LogP contribution is 2.25. The maximum Gasteiger partial charge on any atom is 0.225 e. The molecule has 5 rings (SSSR count). The molecule has 3 aromatic rings. The SMILES string of the molecule is c1cnc(N2CCN(c3cc(N4CCc5ccccc5C4)ncn3)CC2)nc1. The first kappa shape index (κ1) is 16.9. The Labute approximate surface area is 164 Å². The van der Waals surface area contributed by atoms with Crippen molar-refractivity contribution in [1.29, 1.82) is 0 Å². The number of rotatable bonds is 3. The lowest BCUT2D eigenvalue weighted by atomic mass is 10.00. The summed E-state index contributed by atoms with van der Waals surface area (Å²) < 4.78 is 0. The van der Waals surface area contributed by atoms with Gasteiger partial charge in [-0.1, -0.05) is 24.3 Å². The molecule has 2 aliphatic rings. The predicted octanol–water partition coefficient (Wildman–Crippen LogP) is 2.16. The Bertz CT molecular complexity index is 938. The maximum atomic E-state index is 4.55. The fraction of sp³-hybridized carbons (Fsp3) is 0.333. The van der Waals surface area contributed by atoms with Gasteiger partial charge >= 0.3 is 0 Å². The van der Waals surface area contributed by atoms with E-state index in [0.29, 0.717) is 0 Å². The lowest BCUT2D eigenvalue weighted by Gasteiger charge is -2.36. The minimum Gasteiger partial charge on any atom is -0.353 e. The zero-order valence-electron chi connectivity index (χ0n) is 15.8. The molecule has 1 aromatic carbocycles. The first-order valence-corrected chi connectivity index (χ1v) is 9.77. The molecule has 0 radical (unpaired) electrons. The van der Waals surface area contributed by atoms with Gasteiger partial charge in [0, 0.05) is 57.7 Å². The van der Waals surface area contributed by atoms with Gasteiger partial charge in [0.05, 0.1) is 0 Å². The monoisotopic (exact) mass is 373 g/mol. The van der Waals surface area contributed by atoms with E-state index < -0.39 is 0 Å². The third-order valence-corrected chi connectivity index (χ3v) is 5.53. The van der Waals surface area contributed by atoms with Crippen molar-refractivity contribution in [3.63, 3.8) is 0 Å². The van der Waals surface area contributed by atoms with Crippen LogP contribution in [0.2, 0.25) is 0 Å². The standard InChI is InChI=1S/C21H23N7/c1-2-5-18-15-28(9-6-17(18)4-1)20-14-19(24-16-25-20)26-10-12-27(13-11-26)21-22-7-3-8-23-21/h1-5,7-8,14,16H,6,9-13,15H2. The number of benzene rings is 1. The van der Waals surface area contributed by atoms with Gasteiger partial charge in [-0.3, -0.25) is 0 Å². The minimum atomic E-state index is 0.803. The summed E-state index contributed by atoms with van der Waals surface area (Å²) >= 11 is 0. The van der Waals surface area contributed by atoms with Gasteiger partial charge in [0.1, 0.15) is 18.0 Å². The number of fused-ring (bicyclic) bond motifs is 1. The van der Waals surface area contributed by atoms with E-state index in [-0.39, 0.29) is 0 Å². The number of anilines is 3. The Morgan fingerprint density at radius 3 is 2.11 bits per heavy atom. The first-order chi connectivity index (χ1) is 13.9. The van der Waals surface area contributed by atoms with Crippen molar-refractivity contribution in [2.75, 3.05) is 47.4 Å². The fourth-order valence-corrected chi connectivity index (χ4v) is 3.96. The molecule has 1 fully saturated rings. The third-order valence-electron chi connectivity index (χ3n) is 5.53. The van der Waals surface area contributed by atoms with E-state index in [2.05, 4.69) is 65.0 Å². The van der Waals surface area contributed by atoms with E-state index in [0.717, 1.165) is 63.3 Å². The lowest BCUT2D eigenvalue weighted by Crippen LogP contribution is -2.47. The molecule has 0 saturated carbocycles. The fourth-order valence-electron chi connectivity index (χ4n) is 3.96. The molecule has 7 nitrogen and oxygen atoms in total. The van der Waals surface area contributed by atoms with E-state index in [1.54, 1.807) is 18.7 Å². The molecule has 2 aliphatic heterocycles. The average molecular weight is 373 g/mol. The topological polar surface area (TPSA) is 61.3 Å². The molecule has 142 valence electrons. The van der Waals surface area contributed by atoms with Crippen molar-refractivity contribution in [3.8, 4) is 0 Å². The van der Waals surface area contributed by atoms with Gasteiger partial charge < -0.3 is 14.7 Å². The van der Waals surface area contributed by atoms with Crippen molar-refractivity contribution < 1.29 is 0 Å². The smallest absolute Gasteiger partial charge is 0.225 e. The Morgan fingerprint density at radius 2 is 1.32 bits per heavy atom. The molecule has 0 atom stereocenters. The van der Waals surface area contributed by atoms with Gasteiger partial charge in [-0.25, -0.2) is 19.9 Å². The largest absolute Gasteiger partial charge is 0.353 e. The number of hydrogen-bond donors (Lipinski definition) is 0. The van der Waals surface area contributed by atoms with E-state index in [1.807, 2.05) is 6.07 Å². The van der Waals surface area contributed by atoms with E-state index in [4.69, 9.17) is 0 Å². The van der Waals surface area contributed by atoms with Crippen LogP contribution in [0, 0.1) is 0 Å². The summed E-state index contributed by atoms with van der Waals surface area (Å²) in [6.07, 6.45) is 6.34. The molecule has 0 N–H and O–H groups in total. The highest BCUT2D eigenvalue weighted by molar-refractivity contribution is 5.53. The summed E-state index contributed by atoms with van der Waals surface area (Å²) in [5.74, 6) is 2.81. The van der Waals surface area contributed by atoms with Crippen molar-refractivity contribution in [2.24, 2.45) is 0 Å². The van der Waals surface area contributed by atoms with Gasteiger partial charge in [-0.15, -0.1) is 0 Å². The summed E-state index contributed by atoms with van der Waals surface area (Å²) in [6.45, 7) is 5.48. The van der Waals surface area contributed by atoms with Crippen LogP contribution >= 0.6 is 0 Å². The van der Waals surface area contributed by atoms with Gasteiger partial charge in [-0.2, -0.15) is 0 Å². The highest BCUT2D eigenvalue weighted by atomic mass is 15.3. The molecular weight excluding hydrogens is 350 g/mol.